The molecule has 0 heterocycles. The van der Waals surface area contributed by atoms with Crippen LogP contribution in [0.25, 0.3) is 0 Å². The van der Waals surface area contributed by atoms with E-state index < -0.39 is 0 Å². The van der Waals surface area contributed by atoms with E-state index in [1.807, 2.05) is 0 Å². The SMILES string of the molecule is CCCCCC[N+](CCCCCC)(CCCCCC)Cc1ccccc1.[Br-]. The Morgan fingerprint density at radius 2 is 0.963 bits per heavy atom. The van der Waals surface area contributed by atoms with Gasteiger partial charge in [-0.2, -0.15) is 0 Å². The summed E-state index contributed by atoms with van der Waals surface area (Å²) in [5.41, 5.74) is 1.54. The molecule has 1 nitrogen and oxygen atoms in total. The maximum absolute atomic E-state index is 2.34. The zero-order chi connectivity index (χ0) is 18.9. The molecule has 0 aliphatic heterocycles. The molecule has 0 aliphatic carbocycles. The Labute approximate surface area is 181 Å². The Balaban J connectivity index is 0.00000676. The molecule has 0 radical (unpaired) electrons. The van der Waals surface area contributed by atoms with E-state index in [0.717, 1.165) is 0 Å². The van der Waals surface area contributed by atoms with Crippen molar-refractivity contribution in [2.75, 3.05) is 19.6 Å². The molecule has 0 fully saturated rings. The van der Waals surface area contributed by atoms with Crippen molar-refractivity contribution in [2.45, 2.75) is 104 Å². The lowest BCUT2D eigenvalue weighted by atomic mass is 10.1. The molecule has 0 N–H and O–H groups in total. The van der Waals surface area contributed by atoms with Gasteiger partial charge in [-0.15, -0.1) is 0 Å². The summed E-state index contributed by atoms with van der Waals surface area (Å²) >= 11 is 0. The summed E-state index contributed by atoms with van der Waals surface area (Å²) in [5.74, 6) is 0. The molecule has 2 heteroatoms. The summed E-state index contributed by atoms with van der Waals surface area (Å²) in [6, 6.07) is 11.3. The lowest BCUT2D eigenvalue weighted by Gasteiger charge is -2.39. The fraction of sp³-hybridized carbons (Fsp3) is 0.760. The third-order valence-electron chi connectivity index (χ3n) is 5.82. The van der Waals surface area contributed by atoms with Gasteiger partial charge in [0.15, 0.2) is 0 Å². The molecule has 27 heavy (non-hydrogen) atoms. The Morgan fingerprint density at radius 3 is 1.33 bits per heavy atom. The molecule has 0 saturated carbocycles. The number of rotatable bonds is 17. The van der Waals surface area contributed by atoms with Crippen molar-refractivity contribution >= 4 is 0 Å². The Bertz CT molecular complexity index is 386. The second-order valence-corrected chi connectivity index (χ2v) is 8.34. The molecule has 0 saturated heterocycles. The van der Waals surface area contributed by atoms with E-state index in [-0.39, 0.29) is 17.0 Å². The quantitative estimate of drug-likeness (QED) is 0.242. The third-order valence-corrected chi connectivity index (χ3v) is 5.82. The molecule has 0 atom stereocenters. The van der Waals surface area contributed by atoms with Crippen LogP contribution in [0, 0.1) is 0 Å². The Kier molecular flexibility index (Phi) is 17.5. The summed E-state index contributed by atoms with van der Waals surface area (Å²) in [5, 5.41) is 0. The molecule has 0 amide bonds. The van der Waals surface area contributed by atoms with Gasteiger partial charge < -0.3 is 21.5 Å². The van der Waals surface area contributed by atoms with Crippen LogP contribution in [-0.2, 0) is 6.54 Å². The van der Waals surface area contributed by atoms with E-state index in [0.29, 0.717) is 0 Å². The smallest absolute Gasteiger partial charge is 0.104 e. The van der Waals surface area contributed by atoms with Gasteiger partial charge in [0.2, 0.25) is 0 Å². The lowest BCUT2D eigenvalue weighted by molar-refractivity contribution is -0.941. The average molecular weight is 441 g/mol. The number of unbranched alkanes of at least 4 members (excludes halogenated alkanes) is 9. The molecule has 1 rings (SSSR count). The van der Waals surface area contributed by atoms with Crippen LogP contribution in [0.1, 0.15) is 103 Å². The Morgan fingerprint density at radius 1 is 0.556 bits per heavy atom. The van der Waals surface area contributed by atoms with Gasteiger partial charge in [-0.25, -0.2) is 0 Å². The first-order chi connectivity index (χ1) is 12.8. The van der Waals surface area contributed by atoms with Crippen molar-refractivity contribution < 1.29 is 21.5 Å². The van der Waals surface area contributed by atoms with Gasteiger partial charge in [-0.3, -0.25) is 0 Å². The summed E-state index contributed by atoms with van der Waals surface area (Å²) in [6.07, 6.45) is 16.7. The number of hydrogen-bond acceptors (Lipinski definition) is 0. The van der Waals surface area contributed by atoms with Gasteiger partial charge in [-0.05, 0) is 38.5 Å². The zero-order valence-electron chi connectivity index (χ0n) is 18.5. The molecule has 0 spiro atoms. The first kappa shape index (κ1) is 26.7. The minimum atomic E-state index is 0. The van der Waals surface area contributed by atoms with Gasteiger partial charge in [-0.1, -0.05) is 89.6 Å². The highest BCUT2D eigenvalue weighted by Gasteiger charge is 2.26. The number of benzene rings is 1. The van der Waals surface area contributed by atoms with Crippen LogP contribution in [0.2, 0.25) is 0 Å². The molecule has 0 unspecified atom stereocenters. The van der Waals surface area contributed by atoms with Gasteiger partial charge in [0.1, 0.15) is 6.54 Å². The predicted molar refractivity (Wildman–Crippen MR) is 117 cm³/mol. The van der Waals surface area contributed by atoms with Gasteiger partial charge in [0, 0.05) is 5.56 Å². The minimum Gasteiger partial charge on any atom is -1.00 e. The number of hydrogen-bond donors (Lipinski definition) is 0. The molecule has 0 bridgehead atoms. The van der Waals surface area contributed by atoms with Crippen molar-refractivity contribution in [2.24, 2.45) is 0 Å². The molecule has 1 aromatic rings. The maximum Gasteiger partial charge on any atom is 0.104 e. The van der Waals surface area contributed by atoms with Crippen LogP contribution in [0.4, 0.5) is 0 Å². The molecule has 1 aromatic carbocycles. The zero-order valence-corrected chi connectivity index (χ0v) is 20.1. The molecule has 0 aromatic heterocycles. The van der Waals surface area contributed by atoms with Crippen LogP contribution in [0.15, 0.2) is 30.3 Å². The van der Waals surface area contributed by atoms with Crippen molar-refractivity contribution in [3.63, 3.8) is 0 Å². The topological polar surface area (TPSA) is 0 Å². The number of halogens is 1. The van der Waals surface area contributed by atoms with Gasteiger partial charge in [0.25, 0.3) is 0 Å². The van der Waals surface area contributed by atoms with Crippen LogP contribution in [-0.4, -0.2) is 24.1 Å². The van der Waals surface area contributed by atoms with Gasteiger partial charge >= 0.3 is 0 Å². The molecule has 0 aliphatic rings. The van der Waals surface area contributed by atoms with Crippen molar-refractivity contribution in [1.29, 1.82) is 0 Å². The van der Waals surface area contributed by atoms with Crippen LogP contribution in [0.5, 0.6) is 0 Å². The normalized spacial score (nSPS) is 11.4. The van der Waals surface area contributed by atoms with Gasteiger partial charge in [0.05, 0.1) is 19.6 Å². The monoisotopic (exact) mass is 439 g/mol. The predicted octanol–water partition coefficient (Wildman–Crippen LogP) is 4.75. The first-order valence-electron chi connectivity index (χ1n) is 11.7. The van der Waals surface area contributed by atoms with E-state index >= 15 is 0 Å². The van der Waals surface area contributed by atoms with Crippen LogP contribution < -0.4 is 17.0 Å². The summed E-state index contributed by atoms with van der Waals surface area (Å²) < 4.78 is 1.33. The molecular weight excluding hydrogens is 394 g/mol. The van der Waals surface area contributed by atoms with E-state index in [4.69, 9.17) is 0 Å². The molecular formula is C25H46BrN. The lowest BCUT2D eigenvalue weighted by Crippen LogP contribution is -3.00. The van der Waals surface area contributed by atoms with Crippen LogP contribution in [0.3, 0.4) is 0 Å². The van der Waals surface area contributed by atoms with Crippen molar-refractivity contribution in [1.82, 2.24) is 0 Å². The first-order valence-corrected chi connectivity index (χ1v) is 11.7. The summed E-state index contributed by atoms with van der Waals surface area (Å²) in [6.45, 7) is 12.4. The summed E-state index contributed by atoms with van der Waals surface area (Å²) in [4.78, 5) is 0. The maximum atomic E-state index is 2.34. The highest BCUT2D eigenvalue weighted by molar-refractivity contribution is 5.13. The number of nitrogens with zero attached hydrogens (tertiary/aromatic N) is 1. The second-order valence-electron chi connectivity index (χ2n) is 8.34. The standard InChI is InChI=1S/C25H46N.BrH/c1-4-7-10-16-21-26(22-17-11-8-5-2,23-18-12-9-6-3)24-25-19-14-13-15-20-25;/h13-15,19-20H,4-12,16-18,21-24H2,1-3H3;1H/q+1;/p-1. The fourth-order valence-corrected chi connectivity index (χ4v) is 4.17. The largest absolute Gasteiger partial charge is 1.00 e. The second kappa shape index (κ2) is 17.7. The van der Waals surface area contributed by atoms with E-state index in [9.17, 15) is 0 Å². The highest BCUT2D eigenvalue weighted by atomic mass is 79.9. The third kappa shape index (κ3) is 12.7. The number of quaternary nitrogens is 1. The Hall–Kier alpha value is -0.340. The molecule has 158 valence electrons. The van der Waals surface area contributed by atoms with E-state index in [2.05, 4.69) is 51.1 Å². The van der Waals surface area contributed by atoms with E-state index in [1.54, 1.807) is 0 Å². The van der Waals surface area contributed by atoms with Crippen LogP contribution >= 0.6 is 0 Å². The minimum absolute atomic E-state index is 0. The summed E-state index contributed by atoms with van der Waals surface area (Å²) in [7, 11) is 0. The van der Waals surface area contributed by atoms with Crippen molar-refractivity contribution in [3.05, 3.63) is 35.9 Å². The fourth-order valence-electron chi connectivity index (χ4n) is 4.17. The average Bonchev–Trinajstić information content (AvgIpc) is 2.67. The van der Waals surface area contributed by atoms with E-state index in [1.165, 1.54) is 113 Å². The van der Waals surface area contributed by atoms with Crippen molar-refractivity contribution in [3.8, 4) is 0 Å². The highest BCUT2D eigenvalue weighted by Crippen LogP contribution is 2.21.